The van der Waals surface area contributed by atoms with Gasteiger partial charge in [0.15, 0.2) is 0 Å². The number of carbonyl (C=O) groups is 1. The smallest absolute Gasteiger partial charge is 0.338 e. The van der Waals surface area contributed by atoms with Gasteiger partial charge in [-0.25, -0.2) is 9.78 Å². The van der Waals surface area contributed by atoms with Gasteiger partial charge >= 0.3 is 5.97 Å². The van der Waals surface area contributed by atoms with Gasteiger partial charge in [0.25, 0.3) is 0 Å². The van der Waals surface area contributed by atoms with E-state index in [-0.39, 0.29) is 6.61 Å². The summed E-state index contributed by atoms with van der Waals surface area (Å²) >= 11 is 0. The monoisotopic (exact) mass is 318 g/mol. The molecule has 24 heavy (non-hydrogen) atoms. The number of rotatable bonds is 4. The molecular formula is C19H14N2O3. The second kappa shape index (κ2) is 6.80. The van der Waals surface area contributed by atoms with Crippen LogP contribution in [0.4, 0.5) is 0 Å². The molecule has 0 aliphatic rings. The van der Waals surface area contributed by atoms with Crippen LogP contribution < -0.4 is 0 Å². The first-order chi connectivity index (χ1) is 11.7. The van der Waals surface area contributed by atoms with E-state index in [0.717, 1.165) is 5.56 Å². The van der Waals surface area contributed by atoms with E-state index >= 15 is 0 Å². The molecule has 5 nitrogen and oxygen atoms in total. The van der Waals surface area contributed by atoms with Crippen LogP contribution in [0.2, 0.25) is 0 Å². The number of hydrogen-bond acceptors (Lipinski definition) is 5. The Morgan fingerprint density at radius 3 is 2.75 bits per heavy atom. The van der Waals surface area contributed by atoms with E-state index in [1.165, 1.54) is 6.07 Å². The summed E-state index contributed by atoms with van der Waals surface area (Å²) in [4.78, 5) is 16.5. The molecule has 5 heteroatoms. The van der Waals surface area contributed by atoms with E-state index in [4.69, 9.17) is 14.4 Å². The highest BCUT2D eigenvalue weighted by Gasteiger charge is 2.14. The number of nitrogens with zero attached hydrogens (tertiary/aromatic N) is 2. The summed E-state index contributed by atoms with van der Waals surface area (Å²) in [5.41, 5.74) is 2.17. The summed E-state index contributed by atoms with van der Waals surface area (Å²) in [7, 11) is 0. The number of benzene rings is 2. The summed E-state index contributed by atoms with van der Waals surface area (Å²) in [6.45, 7) is 1.79. The highest BCUT2D eigenvalue weighted by atomic mass is 16.5. The third kappa shape index (κ3) is 3.33. The Bertz CT molecular complexity index is 908. The van der Waals surface area contributed by atoms with Crippen molar-refractivity contribution in [3.63, 3.8) is 0 Å². The molecule has 0 amide bonds. The summed E-state index contributed by atoms with van der Waals surface area (Å²) in [5, 5.41) is 8.87. The average molecular weight is 318 g/mol. The van der Waals surface area contributed by atoms with Gasteiger partial charge in [0.2, 0.25) is 5.89 Å². The van der Waals surface area contributed by atoms with E-state index in [1.807, 2.05) is 36.4 Å². The molecule has 3 rings (SSSR count). The summed E-state index contributed by atoms with van der Waals surface area (Å²) in [6.07, 6.45) is 0. The molecule has 1 heterocycles. The van der Waals surface area contributed by atoms with Gasteiger partial charge < -0.3 is 9.15 Å². The maximum atomic E-state index is 12.1. The van der Waals surface area contributed by atoms with Crippen molar-refractivity contribution in [2.45, 2.75) is 13.5 Å². The van der Waals surface area contributed by atoms with Gasteiger partial charge in [-0.05, 0) is 37.3 Å². The summed E-state index contributed by atoms with van der Waals surface area (Å²) < 4.78 is 10.9. The number of hydrogen-bond donors (Lipinski definition) is 0. The number of aromatic nitrogens is 1. The first-order valence-electron chi connectivity index (χ1n) is 7.36. The van der Waals surface area contributed by atoms with Crippen molar-refractivity contribution < 1.29 is 13.9 Å². The number of carbonyl (C=O) groups excluding carboxylic acids is 1. The zero-order valence-electron chi connectivity index (χ0n) is 13.0. The Morgan fingerprint density at radius 2 is 2.00 bits per heavy atom. The van der Waals surface area contributed by atoms with E-state index < -0.39 is 5.97 Å². The van der Waals surface area contributed by atoms with Crippen molar-refractivity contribution in [2.75, 3.05) is 0 Å². The lowest BCUT2D eigenvalue weighted by Crippen LogP contribution is -2.06. The zero-order valence-corrected chi connectivity index (χ0v) is 13.0. The van der Waals surface area contributed by atoms with Crippen molar-refractivity contribution in [3.8, 4) is 17.5 Å². The fourth-order valence-corrected chi connectivity index (χ4v) is 2.20. The lowest BCUT2D eigenvalue weighted by atomic mass is 10.1. The molecular weight excluding hydrogens is 304 g/mol. The highest BCUT2D eigenvalue weighted by Crippen LogP contribution is 2.22. The number of oxazole rings is 1. The molecule has 0 atom stereocenters. The fraction of sp³-hybridized carbons (Fsp3) is 0.105. The molecule has 2 aromatic carbocycles. The van der Waals surface area contributed by atoms with Crippen LogP contribution >= 0.6 is 0 Å². The van der Waals surface area contributed by atoms with Crippen LogP contribution in [0.15, 0.2) is 59.0 Å². The molecule has 118 valence electrons. The van der Waals surface area contributed by atoms with Crippen LogP contribution in [0.5, 0.6) is 0 Å². The van der Waals surface area contributed by atoms with E-state index in [9.17, 15) is 4.79 Å². The van der Waals surface area contributed by atoms with Crippen molar-refractivity contribution in [1.29, 1.82) is 5.26 Å². The van der Waals surface area contributed by atoms with Gasteiger partial charge in [-0.1, -0.05) is 24.3 Å². The second-order valence-electron chi connectivity index (χ2n) is 5.16. The quantitative estimate of drug-likeness (QED) is 0.682. The third-order valence-corrected chi connectivity index (χ3v) is 3.48. The molecule has 0 aliphatic carbocycles. The lowest BCUT2D eigenvalue weighted by Gasteiger charge is -2.03. The normalized spacial score (nSPS) is 10.2. The molecule has 0 saturated heterocycles. The van der Waals surface area contributed by atoms with Crippen molar-refractivity contribution in [2.24, 2.45) is 0 Å². The topological polar surface area (TPSA) is 76.1 Å². The largest absolute Gasteiger partial charge is 0.455 e. The molecule has 0 unspecified atom stereocenters. The number of nitriles is 1. The first kappa shape index (κ1) is 15.5. The minimum atomic E-state index is -0.504. The predicted molar refractivity (Wildman–Crippen MR) is 87.0 cm³/mol. The SMILES string of the molecule is Cc1oc(-c2ccccc2)nc1COC(=O)c1cccc(C#N)c1. The number of aryl methyl sites for hydroxylation is 1. The second-order valence-corrected chi connectivity index (χ2v) is 5.16. The maximum Gasteiger partial charge on any atom is 0.338 e. The van der Waals surface area contributed by atoms with Crippen LogP contribution in [0.3, 0.4) is 0 Å². The van der Waals surface area contributed by atoms with Crippen LogP contribution in [0.1, 0.15) is 27.4 Å². The third-order valence-electron chi connectivity index (χ3n) is 3.48. The minimum absolute atomic E-state index is 0.0117. The van der Waals surface area contributed by atoms with Gasteiger partial charge in [0.1, 0.15) is 18.1 Å². The van der Waals surface area contributed by atoms with Crippen molar-refractivity contribution >= 4 is 5.97 Å². The Kier molecular flexibility index (Phi) is 4.39. The molecule has 0 bridgehead atoms. The standard InChI is InChI=1S/C19H14N2O3/c1-13-17(21-18(24-13)15-7-3-2-4-8-15)12-23-19(22)16-9-5-6-14(10-16)11-20/h2-10H,12H2,1H3. The zero-order chi connectivity index (χ0) is 16.9. The number of ether oxygens (including phenoxy) is 1. The van der Waals surface area contributed by atoms with Gasteiger partial charge in [-0.2, -0.15) is 5.26 Å². The van der Waals surface area contributed by atoms with Crippen molar-refractivity contribution in [1.82, 2.24) is 4.98 Å². The molecule has 1 aromatic heterocycles. The Morgan fingerprint density at radius 1 is 1.21 bits per heavy atom. The fourth-order valence-electron chi connectivity index (χ4n) is 2.20. The van der Waals surface area contributed by atoms with Gasteiger partial charge in [-0.3, -0.25) is 0 Å². The Balaban J connectivity index is 1.72. The maximum absolute atomic E-state index is 12.1. The summed E-state index contributed by atoms with van der Waals surface area (Å²) in [6, 6.07) is 17.9. The molecule has 0 spiro atoms. The number of esters is 1. The van der Waals surface area contributed by atoms with Crippen molar-refractivity contribution in [3.05, 3.63) is 77.2 Å². The molecule has 3 aromatic rings. The molecule has 0 fully saturated rings. The van der Waals surface area contributed by atoms with Gasteiger partial charge in [-0.15, -0.1) is 0 Å². The van der Waals surface area contributed by atoms with Gasteiger partial charge in [0, 0.05) is 5.56 Å². The van der Waals surface area contributed by atoms with Crippen LogP contribution in [-0.4, -0.2) is 11.0 Å². The Hall–Kier alpha value is -3.39. The van der Waals surface area contributed by atoms with E-state index in [2.05, 4.69) is 4.98 Å². The molecule has 0 aliphatic heterocycles. The minimum Gasteiger partial charge on any atom is -0.455 e. The van der Waals surface area contributed by atoms with E-state index in [0.29, 0.717) is 28.5 Å². The van der Waals surface area contributed by atoms with Crippen LogP contribution in [-0.2, 0) is 11.3 Å². The molecule has 0 saturated carbocycles. The summed E-state index contributed by atoms with van der Waals surface area (Å²) in [5.74, 6) is 0.591. The molecule has 0 N–H and O–H groups in total. The van der Waals surface area contributed by atoms with Gasteiger partial charge in [0.05, 0.1) is 17.2 Å². The van der Waals surface area contributed by atoms with E-state index in [1.54, 1.807) is 25.1 Å². The molecule has 0 radical (unpaired) electrons. The first-order valence-corrected chi connectivity index (χ1v) is 7.36. The van der Waals surface area contributed by atoms with Crippen LogP contribution in [0.25, 0.3) is 11.5 Å². The Labute approximate surface area is 139 Å². The predicted octanol–water partition coefficient (Wildman–Crippen LogP) is 3.88. The lowest BCUT2D eigenvalue weighted by molar-refractivity contribution is 0.0467. The van der Waals surface area contributed by atoms with Crippen LogP contribution in [0, 0.1) is 18.3 Å². The average Bonchev–Trinajstić information content (AvgIpc) is 3.01. The highest BCUT2D eigenvalue weighted by molar-refractivity contribution is 5.89.